The van der Waals surface area contributed by atoms with Crippen LogP contribution in [0, 0.1) is 0 Å². The molecule has 1 saturated heterocycles. The summed E-state index contributed by atoms with van der Waals surface area (Å²) >= 11 is 0. The fourth-order valence-electron chi connectivity index (χ4n) is 2.59. The second kappa shape index (κ2) is 6.57. The molecule has 1 aliphatic heterocycles. The summed E-state index contributed by atoms with van der Waals surface area (Å²) in [5.41, 5.74) is 1.29. The first-order valence-corrected chi connectivity index (χ1v) is 6.92. The fourth-order valence-corrected chi connectivity index (χ4v) is 2.59. The lowest BCUT2D eigenvalue weighted by Crippen LogP contribution is -2.47. The zero-order valence-corrected chi connectivity index (χ0v) is 11.4. The highest BCUT2D eigenvalue weighted by Gasteiger charge is 2.34. The summed E-state index contributed by atoms with van der Waals surface area (Å²) in [5, 5.41) is 5.76. The summed E-state index contributed by atoms with van der Waals surface area (Å²) in [4.78, 5) is 11.6. The smallest absolute Gasteiger partial charge is 0.314 e. The highest BCUT2D eigenvalue weighted by molar-refractivity contribution is 5.73. The molecule has 1 fully saturated rings. The Morgan fingerprint density at radius 1 is 1.21 bits per heavy atom. The molecule has 4 heteroatoms. The Balaban J connectivity index is 2.09. The van der Waals surface area contributed by atoms with Gasteiger partial charge in [-0.1, -0.05) is 30.3 Å². The molecule has 0 aromatic heterocycles. The molecule has 1 heterocycles. The number of urea groups is 1. The van der Waals surface area contributed by atoms with E-state index < -0.39 is 0 Å². The van der Waals surface area contributed by atoms with Crippen LogP contribution in [0.2, 0.25) is 0 Å². The SMILES string of the molecule is CCNC(=O)NCC1(c2ccccc2)CCOCC1. The molecule has 0 radical (unpaired) electrons. The van der Waals surface area contributed by atoms with E-state index >= 15 is 0 Å². The molecule has 104 valence electrons. The predicted molar refractivity (Wildman–Crippen MR) is 75.2 cm³/mol. The van der Waals surface area contributed by atoms with Gasteiger partial charge >= 0.3 is 6.03 Å². The largest absolute Gasteiger partial charge is 0.381 e. The van der Waals surface area contributed by atoms with Crippen LogP contribution in [0.4, 0.5) is 4.79 Å². The highest BCUT2D eigenvalue weighted by atomic mass is 16.5. The third-order valence-electron chi connectivity index (χ3n) is 3.76. The van der Waals surface area contributed by atoms with E-state index in [1.165, 1.54) is 5.56 Å². The van der Waals surface area contributed by atoms with Gasteiger partial charge in [-0.05, 0) is 25.3 Å². The van der Waals surface area contributed by atoms with Gasteiger partial charge in [0.1, 0.15) is 0 Å². The molecule has 1 aromatic carbocycles. The second-order valence-electron chi connectivity index (χ2n) is 4.97. The van der Waals surface area contributed by atoms with Crippen molar-refractivity contribution in [2.24, 2.45) is 0 Å². The summed E-state index contributed by atoms with van der Waals surface area (Å²) in [6.07, 6.45) is 1.90. The Bertz CT molecular complexity index is 400. The quantitative estimate of drug-likeness (QED) is 0.872. The van der Waals surface area contributed by atoms with Crippen LogP contribution < -0.4 is 10.6 Å². The molecular formula is C15H22N2O2. The predicted octanol–water partition coefficient (Wildman–Crippen LogP) is 2.05. The van der Waals surface area contributed by atoms with Crippen molar-refractivity contribution < 1.29 is 9.53 Å². The topological polar surface area (TPSA) is 50.4 Å². The minimum absolute atomic E-state index is 0.00455. The van der Waals surface area contributed by atoms with Crippen LogP contribution in [0.1, 0.15) is 25.3 Å². The number of benzene rings is 1. The molecule has 0 spiro atoms. The van der Waals surface area contributed by atoms with E-state index in [0.717, 1.165) is 26.1 Å². The Kier molecular flexibility index (Phi) is 4.80. The van der Waals surface area contributed by atoms with Gasteiger partial charge in [0.15, 0.2) is 0 Å². The van der Waals surface area contributed by atoms with Crippen molar-refractivity contribution >= 4 is 6.03 Å². The number of carbonyl (C=O) groups excluding carboxylic acids is 1. The average Bonchev–Trinajstić information content (AvgIpc) is 2.47. The monoisotopic (exact) mass is 262 g/mol. The molecule has 1 aromatic rings. The van der Waals surface area contributed by atoms with Gasteiger partial charge in [-0.3, -0.25) is 0 Å². The molecule has 0 unspecified atom stereocenters. The van der Waals surface area contributed by atoms with Crippen molar-refractivity contribution in [3.8, 4) is 0 Å². The van der Waals surface area contributed by atoms with Gasteiger partial charge in [-0.25, -0.2) is 4.79 Å². The molecule has 0 aliphatic carbocycles. The maximum Gasteiger partial charge on any atom is 0.314 e. The van der Waals surface area contributed by atoms with Gasteiger partial charge < -0.3 is 15.4 Å². The summed E-state index contributed by atoms with van der Waals surface area (Å²) in [7, 11) is 0. The third-order valence-corrected chi connectivity index (χ3v) is 3.76. The molecule has 4 nitrogen and oxygen atoms in total. The molecule has 2 amide bonds. The van der Waals surface area contributed by atoms with E-state index in [1.807, 2.05) is 13.0 Å². The van der Waals surface area contributed by atoms with Crippen LogP contribution in [0.15, 0.2) is 30.3 Å². The minimum Gasteiger partial charge on any atom is -0.381 e. The number of hydrogen-bond donors (Lipinski definition) is 2. The number of ether oxygens (including phenoxy) is 1. The summed E-state index contributed by atoms with van der Waals surface area (Å²) in [6.45, 7) is 4.73. The highest BCUT2D eigenvalue weighted by Crippen LogP contribution is 2.34. The Morgan fingerprint density at radius 3 is 2.53 bits per heavy atom. The van der Waals surface area contributed by atoms with Gasteiger partial charge in [-0.2, -0.15) is 0 Å². The molecule has 2 rings (SSSR count). The van der Waals surface area contributed by atoms with Crippen LogP contribution >= 0.6 is 0 Å². The number of carbonyl (C=O) groups is 1. The van der Waals surface area contributed by atoms with Crippen molar-refractivity contribution in [1.29, 1.82) is 0 Å². The number of nitrogens with one attached hydrogen (secondary N) is 2. The van der Waals surface area contributed by atoms with Crippen molar-refractivity contribution in [3.05, 3.63) is 35.9 Å². The Morgan fingerprint density at radius 2 is 1.89 bits per heavy atom. The molecule has 2 N–H and O–H groups in total. The first kappa shape index (κ1) is 13.9. The van der Waals surface area contributed by atoms with E-state index in [9.17, 15) is 4.79 Å². The van der Waals surface area contributed by atoms with E-state index in [2.05, 4.69) is 34.9 Å². The van der Waals surface area contributed by atoms with E-state index in [1.54, 1.807) is 0 Å². The van der Waals surface area contributed by atoms with E-state index in [0.29, 0.717) is 13.1 Å². The molecule has 19 heavy (non-hydrogen) atoms. The van der Waals surface area contributed by atoms with Crippen LogP contribution in [0.25, 0.3) is 0 Å². The Hall–Kier alpha value is -1.55. The fraction of sp³-hybridized carbons (Fsp3) is 0.533. The first-order valence-electron chi connectivity index (χ1n) is 6.92. The summed E-state index contributed by atoms with van der Waals surface area (Å²) in [6, 6.07) is 10.3. The Labute approximate surface area is 114 Å². The maximum absolute atomic E-state index is 11.6. The van der Waals surface area contributed by atoms with Crippen LogP contribution in [0.5, 0.6) is 0 Å². The number of hydrogen-bond acceptors (Lipinski definition) is 2. The van der Waals surface area contributed by atoms with Gasteiger partial charge in [-0.15, -0.1) is 0 Å². The zero-order valence-electron chi connectivity index (χ0n) is 11.4. The van der Waals surface area contributed by atoms with Crippen molar-refractivity contribution in [2.75, 3.05) is 26.3 Å². The second-order valence-corrected chi connectivity index (χ2v) is 4.97. The molecule has 0 bridgehead atoms. The lowest BCUT2D eigenvalue weighted by Gasteiger charge is -2.37. The van der Waals surface area contributed by atoms with E-state index in [4.69, 9.17) is 4.74 Å². The maximum atomic E-state index is 11.6. The standard InChI is InChI=1S/C15H22N2O2/c1-2-16-14(18)17-12-15(8-10-19-11-9-15)13-6-4-3-5-7-13/h3-7H,2,8-12H2,1H3,(H2,16,17,18). The van der Waals surface area contributed by atoms with Crippen LogP contribution in [-0.4, -0.2) is 32.3 Å². The normalized spacial score (nSPS) is 17.7. The van der Waals surface area contributed by atoms with Gasteiger partial charge in [0.2, 0.25) is 0 Å². The van der Waals surface area contributed by atoms with Crippen molar-refractivity contribution in [1.82, 2.24) is 10.6 Å². The van der Waals surface area contributed by atoms with Crippen LogP contribution in [-0.2, 0) is 10.2 Å². The van der Waals surface area contributed by atoms with Gasteiger partial charge in [0.25, 0.3) is 0 Å². The molecule has 0 saturated carbocycles. The van der Waals surface area contributed by atoms with Gasteiger partial charge in [0.05, 0.1) is 0 Å². The summed E-state index contributed by atoms with van der Waals surface area (Å²) in [5.74, 6) is 0. The lowest BCUT2D eigenvalue weighted by molar-refractivity contribution is 0.0507. The molecule has 0 atom stereocenters. The lowest BCUT2D eigenvalue weighted by atomic mass is 9.74. The zero-order chi connectivity index (χ0) is 13.6. The van der Waals surface area contributed by atoms with Gasteiger partial charge in [0, 0.05) is 31.7 Å². The van der Waals surface area contributed by atoms with E-state index in [-0.39, 0.29) is 11.4 Å². The number of amides is 2. The van der Waals surface area contributed by atoms with Crippen LogP contribution in [0.3, 0.4) is 0 Å². The van der Waals surface area contributed by atoms with Crippen molar-refractivity contribution in [3.63, 3.8) is 0 Å². The minimum atomic E-state index is -0.0932. The first-order chi connectivity index (χ1) is 9.27. The van der Waals surface area contributed by atoms with Crippen molar-refractivity contribution in [2.45, 2.75) is 25.2 Å². The summed E-state index contributed by atoms with van der Waals surface area (Å²) < 4.78 is 5.47. The number of rotatable bonds is 4. The molecule has 1 aliphatic rings. The average molecular weight is 262 g/mol. The molecular weight excluding hydrogens is 240 g/mol. The third kappa shape index (κ3) is 3.47.